The van der Waals surface area contributed by atoms with E-state index in [9.17, 15) is 14.4 Å². The number of nitrogens with one attached hydrogen (secondary N) is 1. The SMILES string of the molecule is CCCCn1c(=O)n(CC(=O)Nc2cc(C)ccc2OC)c(=O)c2c1ncn2CCOC. The van der Waals surface area contributed by atoms with Crippen molar-refractivity contribution in [2.24, 2.45) is 0 Å². The molecule has 0 aliphatic rings. The summed E-state index contributed by atoms with van der Waals surface area (Å²) in [4.78, 5) is 43.5. The minimum atomic E-state index is -0.558. The fraction of sp³-hybridized carbons (Fsp3) is 0.455. The zero-order valence-electron chi connectivity index (χ0n) is 18.9. The second-order valence-electron chi connectivity index (χ2n) is 7.53. The summed E-state index contributed by atoms with van der Waals surface area (Å²) >= 11 is 0. The van der Waals surface area contributed by atoms with Crippen LogP contribution in [0.15, 0.2) is 34.1 Å². The number of carbonyl (C=O) groups is 1. The molecular formula is C22H29N5O5. The van der Waals surface area contributed by atoms with Crippen LogP contribution in [0.5, 0.6) is 5.75 Å². The number of imidazole rings is 1. The van der Waals surface area contributed by atoms with Crippen LogP contribution in [0.3, 0.4) is 0 Å². The molecule has 0 radical (unpaired) electrons. The van der Waals surface area contributed by atoms with Crippen molar-refractivity contribution in [3.63, 3.8) is 0 Å². The summed E-state index contributed by atoms with van der Waals surface area (Å²) in [7, 11) is 3.07. The van der Waals surface area contributed by atoms with E-state index in [1.54, 1.807) is 23.8 Å². The third-order valence-electron chi connectivity index (χ3n) is 5.19. The van der Waals surface area contributed by atoms with Crippen LogP contribution in [0, 0.1) is 6.92 Å². The number of hydrogen-bond acceptors (Lipinski definition) is 6. The first-order chi connectivity index (χ1) is 15.4. The maximum atomic E-state index is 13.2. The lowest BCUT2D eigenvalue weighted by molar-refractivity contribution is -0.116. The lowest BCUT2D eigenvalue weighted by Crippen LogP contribution is -2.43. The summed E-state index contributed by atoms with van der Waals surface area (Å²) in [6, 6.07) is 5.37. The molecule has 10 nitrogen and oxygen atoms in total. The normalized spacial score (nSPS) is 11.1. The van der Waals surface area contributed by atoms with Crippen molar-refractivity contribution in [2.45, 2.75) is 46.3 Å². The molecule has 0 bridgehead atoms. The molecule has 3 aromatic rings. The summed E-state index contributed by atoms with van der Waals surface area (Å²) in [5.41, 5.74) is 0.893. The number of hydrogen-bond donors (Lipinski definition) is 1. The Bertz CT molecular complexity index is 1220. The van der Waals surface area contributed by atoms with Crippen LogP contribution in [0.1, 0.15) is 25.3 Å². The highest BCUT2D eigenvalue weighted by Gasteiger charge is 2.20. The molecule has 0 aliphatic heterocycles. The molecule has 0 spiro atoms. The van der Waals surface area contributed by atoms with E-state index in [1.807, 2.05) is 19.9 Å². The Balaban J connectivity index is 2.03. The average Bonchev–Trinajstić information content (AvgIpc) is 3.19. The van der Waals surface area contributed by atoms with Gasteiger partial charge in [0.1, 0.15) is 12.3 Å². The predicted octanol–water partition coefficient (Wildman–Crippen LogP) is 1.76. The first kappa shape index (κ1) is 23.3. The third-order valence-corrected chi connectivity index (χ3v) is 5.19. The fourth-order valence-corrected chi connectivity index (χ4v) is 3.51. The van der Waals surface area contributed by atoms with Crippen molar-refractivity contribution in [1.82, 2.24) is 18.7 Å². The van der Waals surface area contributed by atoms with E-state index in [-0.39, 0.29) is 5.52 Å². The third kappa shape index (κ3) is 4.75. The number of nitrogens with zero attached hydrogens (tertiary/aromatic N) is 4. The van der Waals surface area contributed by atoms with Gasteiger partial charge in [-0.15, -0.1) is 0 Å². The molecule has 0 fully saturated rings. The van der Waals surface area contributed by atoms with Gasteiger partial charge in [0.15, 0.2) is 11.2 Å². The number of unbranched alkanes of at least 4 members (excludes halogenated alkanes) is 1. The van der Waals surface area contributed by atoms with Gasteiger partial charge in [-0.1, -0.05) is 19.4 Å². The topological polar surface area (TPSA) is 109 Å². The minimum Gasteiger partial charge on any atom is -0.495 e. The molecule has 0 unspecified atom stereocenters. The van der Waals surface area contributed by atoms with Crippen LogP contribution in [-0.4, -0.2) is 45.4 Å². The van der Waals surface area contributed by atoms with Crippen molar-refractivity contribution in [1.29, 1.82) is 0 Å². The highest BCUT2D eigenvalue weighted by Crippen LogP contribution is 2.25. The van der Waals surface area contributed by atoms with Gasteiger partial charge >= 0.3 is 5.69 Å². The zero-order chi connectivity index (χ0) is 23.3. The molecule has 1 N–H and O–H groups in total. The van der Waals surface area contributed by atoms with Crippen LogP contribution in [0.2, 0.25) is 0 Å². The largest absolute Gasteiger partial charge is 0.495 e. The Morgan fingerprint density at radius 1 is 1.16 bits per heavy atom. The number of fused-ring (bicyclic) bond motifs is 1. The predicted molar refractivity (Wildman–Crippen MR) is 121 cm³/mol. The van der Waals surface area contributed by atoms with Crippen LogP contribution < -0.4 is 21.3 Å². The Labute approximate surface area is 185 Å². The number of carbonyl (C=O) groups excluding carboxylic acids is 1. The van der Waals surface area contributed by atoms with Gasteiger partial charge in [0.2, 0.25) is 5.91 Å². The quantitative estimate of drug-likeness (QED) is 0.511. The van der Waals surface area contributed by atoms with E-state index in [0.29, 0.717) is 36.8 Å². The van der Waals surface area contributed by atoms with E-state index in [0.717, 1.165) is 23.0 Å². The molecular weight excluding hydrogens is 414 g/mol. The Morgan fingerprint density at radius 2 is 1.94 bits per heavy atom. The molecule has 10 heteroatoms. The highest BCUT2D eigenvalue weighted by molar-refractivity contribution is 5.92. The molecule has 1 aromatic carbocycles. The lowest BCUT2D eigenvalue weighted by Gasteiger charge is -2.14. The van der Waals surface area contributed by atoms with E-state index >= 15 is 0 Å². The Morgan fingerprint density at radius 3 is 2.62 bits per heavy atom. The molecule has 172 valence electrons. The summed E-state index contributed by atoms with van der Waals surface area (Å²) in [5, 5.41) is 2.74. The van der Waals surface area contributed by atoms with Gasteiger partial charge in [0, 0.05) is 20.2 Å². The molecule has 1 amide bonds. The van der Waals surface area contributed by atoms with Crippen molar-refractivity contribution in [3.8, 4) is 5.75 Å². The zero-order valence-corrected chi connectivity index (χ0v) is 18.9. The number of amides is 1. The van der Waals surface area contributed by atoms with Gasteiger partial charge < -0.3 is 19.4 Å². The lowest BCUT2D eigenvalue weighted by atomic mass is 10.2. The second-order valence-corrected chi connectivity index (χ2v) is 7.53. The molecule has 32 heavy (non-hydrogen) atoms. The number of rotatable bonds is 10. The standard InChI is InChI=1S/C22H29N5O5/c1-5-6-9-26-20-19(25(14-23-20)10-11-31-3)21(29)27(22(26)30)13-18(28)24-16-12-15(2)7-8-17(16)32-4/h7-8,12,14H,5-6,9-11,13H2,1-4H3,(H,24,28). The van der Waals surface area contributed by atoms with Gasteiger partial charge in [-0.3, -0.25) is 14.2 Å². The summed E-state index contributed by atoms with van der Waals surface area (Å²) in [6.07, 6.45) is 3.13. The molecule has 2 heterocycles. The first-order valence-corrected chi connectivity index (χ1v) is 10.5. The van der Waals surface area contributed by atoms with Gasteiger partial charge in [0.05, 0.1) is 25.7 Å². The van der Waals surface area contributed by atoms with Crippen LogP contribution in [-0.2, 0) is 29.2 Å². The van der Waals surface area contributed by atoms with Crippen molar-refractivity contribution in [3.05, 3.63) is 50.9 Å². The smallest absolute Gasteiger partial charge is 0.333 e. The second kappa shape index (κ2) is 10.3. The van der Waals surface area contributed by atoms with Crippen LogP contribution in [0.25, 0.3) is 11.2 Å². The maximum absolute atomic E-state index is 13.2. The molecule has 3 rings (SSSR count). The van der Waals surface area contributed by atoms with Gasteiger partial charge in [-0.05, 0) is 31.0 Å². The van der Waals surface area contributed by atoms with Gasteiger partial charge in [-0.2, -0.15) is 0 Å². The summed E-state index contributed by atoms with van der Waals surface area (Å²) in [5.74, 6) is -0.0119. The number of aromatic nitrogens is 4. The summed E-state index contributed by atoms with van der Waals surface area (Å²) < 4.78 is 14.5. The van der Waals surface area contributed by atoms with Gasteiger partial charge in [0.25, 0.3) is 5.56 Å². The Kier molecular flexibility index (Phi) is 7.47. The van der Waals surface area contributed by atoms with E-state index < -0.39 is 23.7 Å². The van der Waals surface area contributed by atoms with Crippen molar-refractivity contribution in [2.75, 3.05) is 26.1 Å². The maximum Gasteiger partial charge on any atom is 0.333 e. The van der Waals surface area contributed by atoms with Crippen molar-refractivity contribution >= 4 is 22.8 Å². The molecule has 0 saturated heterocycles. The van der Waals surface area contributed by atoms with Gasteiger partial charge in [-0.25, -0.2) is 14.3 Å². The van der Waals surface area contributed by atoms with Crippen LogP contribution in [0.4, 0.5) is 5.69 Å². The first-order valence-electron chi connectivity index (χ1n) is 10.5. The molecule has 0 atom stereocenters. The molecule has 0 aliphatic carbocycles. The number of ether oxygens (including phenoxy) is 2. The molecule has 2 aromatic heterocycles. The average molecular weight is 444 g/mol. The fourth-order valence-electron chi connectivity index (χ4n) is 3.51. The van der Waals surface area contributed by atoms with Crippen molar-refractivity contribution < 1.29 is 14.3 Å². The van der Waals surface area contributed by atoms with E-state index in [4.69, 9.17) is 9.47 Å². The van der Waals surface area contributed by atoms with Crippen LogP contribution >= 0.6 is 0 Å². The monoisotopic (exact) mass is 443 g/mol. The number of benzene rings is 1. The molecule has 0 saturated carbocycles. The highest BCUT2D eigenvalue weighted by atomic mass is 16.5. The minimum absolute atomic E-state index is 0.277. The Hall–Kier alpha value is -3.40. The summed E-state index contributed by atoms with van der Waals surface area (Å²) in [6.45, 7) is 4.67. The number of anilines is 1. The number of methoxy groups -OCH3 is 2. The number of aryl methyl sites for hydroxylation is 2. The van der Waals surface area contributed by atoms with E-state index in [1.165, 1.54) is 18.0 Å². The van der Waals surface area contributed by atoms with E-state index in [2.05, 4.69) is 10.3 Å².